The molecule has 0 aliphatic heterocycles. The number of nitrogens with zero attached hydrogens (tertiary/aromatic N) is 5. The van der Waals surface area contributed by atoms with Crippen molar-refractivity contribution < 1.29 is 0 Å². The molecule has 2 rings (SSSR count). The maximum absolute atomic E-state index is 4.29. The first kappa shape index (κ1) is 15.4. The number of nitrogens with one attached hydrogen (secondary N) is 1. The van der Waals surface area contributed by atoms with E-state index in [2.05, 4.69) is 70.9 Å². The third kappa shape index (κ3) is 4.26. The van der Waals surface area contributed by atoms with Crippen molar-refractivity contribution in [1.82, 2.24) is 25.5 Å². The summed E-state index contributed by atoms with van der Waals surface area (Å²) in [5, 5.41) is 15.9. The summed E-state index contributed by atoms with van der Waals surface area (Å²) in [5.41, 5.74) is 2.45. The number of anilines is 1. The van der Waals surface area contributed by atoms with Gasteiger partial charge in [0.1, 0.15) is 0 Å². The molecular formula is C15H24N6. The molecule has 1 N–H and O–H groups in total. The van der Waals surface area contributed by atoms with Gasteiger partial charge < -0.3 is 10.2 Å². The quantitative estimate of drug-likeness (QED) is 0.838. The van der Waals surface area contributed by atoms with Gasteiger partial charge in [0.05, 0.1) is 7.05 Å². The zero-order valence-electron chi connectivity index (χ0n) is 13.2. The summed E-state index contributed by atoms with van der Waals surface area (Å²) >= 11 is 0. The normalized spacial score (nSPS) is 12.4. The third-order valence-corrected chi connectivity index (χ3v) is 3.37. The van der Waals surface area contributed by atoms with E-state index in [1.807, 2.05) is 0 Å². The fourth-order valence-corrected chi connectivity index (χ4v) is 2.23. The molecule has 1 atom stereocenters. The average molecular weight is 288 g/mol. The van der Waals surface area contributed by atoms with E-state index in [0.29, 0.717) is 0 Å². The number of hydrogen-bond acceptors (Lipinski definition) is 5. The van der Waals surface area contributed by atoms with Gasteiger partial charge in [-0.3, -0.25) is 0 Å². The molecule has 0 bridgehead atoms. The van der Waals surface area contributed by atoms with Crippen LogP contribution < -0.4 is 10.2 Å². The molecule has 0 fully saturated rings. The van der Waals surface area contributed by atoms with Crippen molar-refractivity contribution in [2.45, 2.75) is 25.8 Å². The van der Waals surface area contributed by atoms with Crippen LogP contribution in [0.2, 0.25) is 0 Å². The minimum Gasteiger partial charge on any atom is -0.378 e. The molecule has 6 nitrogen and oxygen atoms in total. The molecular weight excluding hydrogens is 264 g/mol. The summed E-state index contributed by atoms with van der Waals surface area (Å²) in [6.45, 7) is 3.14. The lowest BCUT2D eigenvalue weighted by atomic mass is 10.0. The van der Waals surface area contributed by atoms with Crippen LogP contribution in [-0.4, -0.2) is 40.8 Å². The van der Waals surface area contributed by atoms with Gasteiger partial charge in [0, 0.05) is 32.2 Å². The highest BCUT2D eigenvalue weighted by Gasteiger charge is 2.15. The van der Waals surface area contributed by atoms with E-state index in [1.165, 1.54) is 16.0 Å². The van der Waals surface area contributed by atoms with Gasteiger partial charge in [-0.15, -0.1) is 10.2 Å². The Morgan fingerprint density at radius 1 is 1.33 bits per heavy atom. The molecule has 1 aromatic heterocycles. The van der Waals surface area contributed by atoms with E-state index in [-0.39, 0.29) is 6.04 Å². The predicted octanol–water partition coefficient (Wildman–Crippen LogP) is 1.56. The number of benzene rings is 1. The molecule has 1 heterocycles. The van der Waals surface area contributed by atoms with Crippen molar-refractivity contribution in [3.63, 3.8) is 0 Å². The molecule has 0 amide bonds. The van der Waals surface area contributed by atoms with Crippen LogP contribution >= 0.6 is 0 Å². The Morgan fingerprint density at radius 3 is 2.76 bits per heavy atom. The summed E-state index contributed by atoms with van der Waals surface area (Å²) in [7, 11) is 5.90. The number of tetrazole rings is 1. The van der Waals surface area contributed by atoms with Gasteiger partial charge in [0.25, 0.3) is 0 Å². The van der Waals surface area contributed by atoms with Gasteiger partial charge in [-0.1, -0.05) is 19.1 Å². The zero-order valence-corrected chi connectivity index (χ0v) is 13.2. The van der Waals surface area contributed by atoms with Gasteiger partial charge in [0.15, 0.2) is 5.82 Å². The van der Waals surface area contributed by atoms with Gasteiger partial charge in [-0.2, -0.15) is 4.80 Å². The fourth-order valence-electron chi connectivity index (χ4n) is 2.23. The SMILES string of the molecule is CCCNC(Cc1nnn(C)n1)c1cccc(N(C)C)c1. The molecule has 1 unspecified atom stereocenters. The Labute approximate surface area is 126 Å². The highest BCUT2D eigenvalue weighted by Crippen LogP contribution is 2.21. The summed E-state index contributed by atoms with van der Waals surface area (Å²) in [5.74, 6) is 0.765. The molecule has 21 heavy (non-hydrogen) atoms. The summed E-state index contributed by atoms with van der Waals surface area (Å²) < 4.78 is 0. The minimum atomic E-state index is 0.203. The summed E-state index contributed by atoms with van der Waals surface area (Å²) in [6, 6.07) is 8.77. The number of aromatic nitrogens is 4. The number of hydrogen-bond donors (Lipinski definition) is 1. The Bertz CT molecular complexity index is 563. The van der Waals surface area contributed by atoms with Gasteiger partial charge in [0.2, 0.25) is 0 Å². The molecule has 0 saturated carbocycles. The van der Waals surface area contributed by atoms with Crippen LogP contribution in [0.5, 0.6) is 0 Å². The van der Waals surface area contributed by atoms with Crippen LogP contribution in [0.3, 0.4) is 0 Å². The lowest BCUT2D eigenvalue weighted by Crippen LogP contribution is -2.25. The molecule has 0 aliphatic rings. The lowest BCUT2D eigenvalue weighted by molar-refractivity contribution is 0.517. The highest BCUT2D eigenvalue weighted by molar-refractivity contribution is 5.47. The van der Waals surface area contributed by atoms with Crippen LogP contribution in [0.1, 0.15) is 30.8 Å². The number of aryl methyl sites for hydroxylation is 1. The molecule has 1 aromatic carbocycles. The topological polar surface area (TPSA) is 58.9 Å². The molecule has 0 radical (unpaired) electrons. The average Bonchev–Trinajstić information content (AvgIpc) is 2.89. The molecule has 6 heteroatoms. The van der Waals surface area contributed by atoms with Crippen molar-refractivity contribution in [1.29, 1.82) is 0 Å². The van der Waals surface area contributed by atoms with Crippen LogP contribution in [0.25, 0.3) is 0 Å². The Morgan fingerprint density at radius 2 is 2.14 bits per heavy atom. The van der Waals surface area contributed by atoms with Crippen molar-refractivity contribution in [3.8, 4) is 0 Å². The van der Waals surface area contributed by atoms with Crippen molar-refractivity contribution in [2.24, 2.45) is 7.05 Å². The second-order valence-electron chi connectivity index (χ2n) is 5.40. The van der Waals surface area contributed by atoms with Crippen molar-refractivity contribution in [3.05, 3.63) is 35.7 Å². The number of rotatable bonds is 7. The van der Waals surface area contributed by atoms with Crippen LogP contribution in [-0.2, 0) is 13.5 Å². The van der Waals surface area contributed by atoms with Crippen molar-refractivity contribution >= 4 is 5.69 Å². The molecule has 0 saturated heterocycles. The third-order valence-electron chi connectivity index (χ3n) is 3.37. The molecule has 2 aromatic rings. The van der Waals surface area contributed by atoms with E-state index in [1.54, 1.807) is 7.05 Å². The maximum Gasteiger partial charge on any atom is 0.176 e. The lowest BCUT2D eigenvalue weighted by Gasteiger charge is -2.20. The Hall–Kier alpha value is -1.95. The Balaban J connectivity index is 2.20. The highest BCUT2D eigenvalue weighted by atomic mass is 15.6. The molecule has 0 aliphatic carbocycles. The van der Waals surface area contributed by atoms with Gasteiger partial charge in [-0.05, 0) is 35.9 Å². The maximum atomic E-state index is 4.29. The predicted molar refractivity (Wildman–Crippen MR) is 84.3 cm³/mol. The first-order valence-electron chi connectivity index (χ1n) is 7.33. The van der Waals surface area contributed by atoms with Gasteiger partial charge >= 0.3 is 0 Å². The second-order valence-corrected chi connectivity index (χ2v) is 5.40. The van der Waals surface area contributed by atoms with E-state index >= 15 is 0 Å². The molecule has 0 spiro atoms. The first-order valence-corrected chi connectivity index (χ1v) is 7.33. The minimum absolute atomic E-state index is 0.203. The summed E-state index contributed by atoms with van der Waals surface area (Å²) in [6.07, 6.45) is 1.84. The zero-order chi connectivity index (χ0) is 15.2. The first-order chi connectivity index (χ1) is 10.1. The van der Waals surface area contributed by atoms with E-state index in [4.69, 9.17) is 0 Å². The Kier molecular flexibility index (Phi) is 5.27. The van der Waals surface area contributed by atoms with E-state index in [9.17, 15) is 0 Å². The van der Waals surface area contributed by atoms with Crippen LogP contribution in [0.4, 0.5) is 5.69 Å². The smallest absolute Gasteiger partial charge is 0.176 e. The van der Waals surface area contributed by atoms with Crippen molar-refractivity contribution in [2.75, 3.05) is 25.5 Å². The van der Waals surface area contributed by atoms with E-state index in [0.717, 1.165) is 25.2 Å². The largest absolute Gasteiger partial charge is 0.378 e. The standard InChI is InChI=1S/C15H24N6/c1-5-9-16-14(11-15-17-19-21(4)18-15)12-7-6-8-13(10-12)20(2)3/h6-8,10,14,16H,5,9,11H2,1-4H3. The summed E-state index contributed by atoms with van der Waals surface area (Å²) in [4.78, 5) is 3.61. The molecule has 114 valence electrons. The van der Waals surface area contributed by atoms with E-state index < -0.39 is 0 Å². The fraction of sp³-hybridized carbons (Fsp3) is 0.533. The van der Waals surface area contributed by atoms with Gasteiger partial charge in [-0.25, -0.2) is 0 Å². The van der Waals surface area contributed by atoms with Crippen LogP contribution in [0.15, 0.2) is 24.3 Å². The monoisotopic (exact) mass is 288 g/mol. The second kappa shape index (κ2) is 7.17. The van der Waals surface area contributed by atoms with Crippen LogP contribution in [0, 0.1) is 0 Å².